The third-order valence-corrected chi connectivity index (χ3v) is 2.76. The Balaban J connectivity index is 1.96. The Morgan fingerprint density at radius 1 is 1.09 bits per heavy atom. The minimum atomic E-state index is -0.496. The van der Waals surface area contributed by atoms with Crippen LogP contribution in [0.15, 0.2) is 53.6 Å². The van der Waals surface area contributed by atoms with Crippen LogP contribution in [0.25, 0.3) is 0 Å². The highest BCUT2D eigenvalue weighted by molar-refractivity contribution is 5.97. The third kappa shape index (κ3) is 4.17. The molecule has 0 aliphatic carbocycles. The molecule has 0 aliphatic rings. The highest BCUT2D eigenvalue weighted by atomic mass is 16.3. The summed E-state index contributed by atoms with van der Waals surface area (Å²) in [6.45, 7) is 1.43. The molecule has 0 unspecified atom stereocenters. The summed E-state index contributed by atoms with van der Waals surface area (Å²) in [4.78, 5) is 22.7. The Morgan fingerprint density at radius 3 is 2.41 bits per heavy atom. The molecule has 2 amide bonds. The fourth-order valence-corrected chi connectivity index (χ4v) is 1.75. The van der Waals surface area contributed by atoms with E-state index in [4.69, 9.17) is 0 Å². The summed E-state index contributed by atoms with van der Waals surface area (Å²) in [5.41, 5.74) is 3.93. The zero-order valence-electron chi connectivity index (χ0n) is 11.9. The van der Waals surface area contributed by atoms with Gasteiger partial charge in [-0.2, -0.15) is 5.10 Å². The summed E-state index contributed by atoms with van der Waals surface area (Å²) in [6.07, 6.45) is 1.47. The topological polar surface area (TPSA) is 90.8 Å². The van der Waals surface area contributed by atoms with Crippen LogP contribution in [0.1, 0.15) is 22.8 Å². The molecule has 6 heteroatoms. The fraction of sp³-hybridized carbons (Fsp3) is 0.0625. The van der Waals surface area contributed by atoms with Gasteiger partial charge in [-0.25, -0.2) is 5.43 Å². The van der Waals surface area contributed by atoms with Gasteiger partial charge in [0.15, 0.2) is 0 Å². The van der Waals surface area contributed by atoms with Crippen molar-refractivity contribution in [2.24, 2.45) is 5.10 Å². The minimum absolute atomic E-state index is 0.102. The standard InChI is InChI=1S/C16H15N3O3/c1-11(20)18-13-8-6-12(7-9-13)10-17-19-16(22)14-4-2-3-5-15(14)21/h2-10,21H,1H3,(H,18,20)(H,19,22)/b17-10+. The monoisotopic (exact) mass is 297 g/mol. The Labute approximate surface area is 127 Å². The molecular weight excluding hydrogens is 282 g/mol. The molecule has 0 aliphatic heterocycles. The molecule has 0 fully saturated rings. The Hall–Kier alpha value is -3.15. The van der Waals surface area contributed by atoms with E-state index in [1.54, 1.807) is 36.4 Å². The first kappa shape index (κ1) is 15.2. The molecule has 2 aromatic carbocycles. The smallest absolute Gasteiger partial charge is 0.275 e. The molecule has 0 heterocycles. The number of rotatable bonds is 4. The molecule has 0 spiro atoms. The second-order valence-electron chi connectivity index (χ2n) is 4.52. The normalized spacial score (nSPS) is 10.4. The van der Waals surface area contributed by atoms with Gasteiger partial charge in [0, 0.05) is 12.6 Å². The van der Waals surface area contributed by atoms with Crippen molar-refractivity contribution in [3.05, 3.63) is 59.7 Å². The van der Waals surface area contributed by atoms with Crippen LogP contribution >= 0.6 is 0 Å². The molecular formula is C16H15N3O3. The number of anilines is 1. The SMILES string of the molecule is CC(=O)Nc1ccc(/C=N/NC(=O)c2ccccc2O)cc1. The fourth-order valence-electron chi connectivity index (χ4n) is 1.75. The first-order valence-electron chi connectivity index (χ1n) is 6.55. The van der Waals surface area contributed by atoms with E-state index in [0.29, 0.717) is 5.69 Å². The lowest BCUT2D eigenvalue weighted by Gasteiger charge is -2.03. The van der Waals surface area contributed by atoms with E-state index in [-0.39, 0.29) is 17.2 Å². The van der Waals surface area contributed by atoms with Gasteiger partial charge in [0.1, 0.15) is 5.75 Å². The lowest BCUT2D eigenvalue weighted by Crippen LogP contribution is -2.17. The summed E-state index contributed by atoms with van der Waals surface area (Å²) in [7, 11) is 0. The highest BCUT2D eigenvalue weighted by Crippen LogP contribution is 2.14. The van der Waals surface area contributed by atoms with Gasteiger partial charge in [-0.3, -0.25) is 9.59 Å². The maximum Gasteiger partial charge on any atom is 0.275 e. The predicted molar refractivity (Wildman–Crippen MR) is 83.9 cm³/mol. The van der Waals surface area contributed by atoms with Crippen molar-refractivity contribution in [1.82, 2.24) is 5.43 Å². The van der Waals surface area contributed by atoms with Crippen LogP contribution in [0.4, 0.5) is 5.69 Å². The summed E-state index contributed by atoms with van der Waals surface area (Å²) in [6, 6.07) is 13.2. The van der Waals surface area contributed by atoms with E-state index in [0.717, 1.165) is 5.56 Å². The number of benzene rings is 2. The van der Waals surface area contributed by atoms with Gasteiger partial charge in [0.05, 0.1) is 11.8 Å². The summed E-state index contributed by atoms with van der Waals surface area (Å²) >= 11 is 0. The minimum Gasteiger partial charge on any atom is -0.507 e. The number of hydrogen-bond donors (Lipinski definition) is 3. The molecule has 6 nitrogen and oxygen atoms in total. The lowest BCUT2D eigenvalue weighted by molar-refractivity contribution is -0.114. The van der Waals surface area contributed by atoms with Gasteiger partial charge in [-0.15, -0.1) is 0 Å². The Kier molecular flexibility index (Phi) is 4.87. The number of nitrogens with zero attached hydrogens (tertiary/aromatic N) is 1. The molecule has 0 radical (unpaired) electrons. The quantitative estimate of drug-likeness (QED) is 0.596. The van der Waals surface area contributed by atoms with Crippen LogP contribution in [0.3, 0.4) is 0 Å². The van der Waals surface area contributed by atoms with E-state index in [1.165, 1.54) is 25.3 Å². The second kappa shape index (κ2) is 7.03. The number of carbonyl (C=O) groups is 2. The number of carbonyl (C=O) groups excluding carboxylic acids is 2. The number of aromatic hydroxyl groups is 1. The molecule has 3 N–H and O–H groups in total. The van der Waals surface area contributed by atoms with Crippen molar-refractivity contribution in [2.45, 2.75) is 6.92 Å². The molecule has 0 saturated carbocycles. The van der Waals surface area contributed by atoms with Gasteiger partial charge >= 0.3 is 0 Å². The number of phenolic OH excluding ortho intramolecular Hbond substituents is 1. The number of nitrogens with one attached hydrogen (secondary N) is 2. The maximum absolute atomic E-state index is 11.8. The lowest BCUT2D eigenvalue weighted by atomic mass is 10.2. The van der Waals surface area contributed by atoms with E-state index in [2.05, 4.69) is 15.8 Å². The van der Waals surface area contributed by atoms with Crippen molar-refractivity contribution in [3.63, 3.8) is 0 Å². The maximum atomic E-state index is 11.8. The Bertz CT molecular complexity index is 709. The van der Waals surface area contributed by atoms with Crippen LogP contribution < -0.4 is 10.7 Å². The van der Waals surface area contributed by atoms with Crippen LogP contribution in [-0.2, 0) is 4.79 Å². The molecule has 0 saturated heterocycles. The van der Waals surface area contributed by atoms with Gasteiger partial charge < -0.3 is 10.4 Å². The largest absolute Gasteiger partial charge is 0.507 e. The Morgan fingerprint density at radius 2 is 1.77 bits per heavy atom. The molecule has 22 heavy (non-hydrogen) atoms. The second-order valence-corrected chi connectivity index (χ2v) is 4.52. The van der Waals surface area contributed by atoms with Gasteiger partial charge in [0.2, 0.25) is 5.91 Å². The molecule has 0 bridgehead atoms. The van der Waals surface area contributed by atoms with E-state index >= 15 is 0 Å². The number of amides is 2. The molecule has 0 atom stereocenters. The average molecular weight is 297 g/mol. The molecule has 2 aromatic rings. The molecule has 2 rings (SSSR count). The van der Waals surface area contributed by atoms with Crippen molar-refractivity contribution in [2.75, 3.05) is 5.32 Å². The van der Waals surface area contributed by atoms with Gasteiger partial charge in [0.25, 0.3) is 5.91 Å². The van der Waals surface area contributed by atoms with Crippen molar-refractivity contribution >= 4 is 23.7 Å². The van der Waals surface area contributed by atoms with Crippen LogP contribution in [0.2, 0.25) is 0 Å². The molecule has 112 valence electrons. The van der Waals surface area contributed by atoms with Gasteiger partial charge in [-0.05, 0) is 29.8 Å². The van der Waals surface area contributed by atoms with E-state index in [9.17, 15) is 14.7 Å². The first-order valence-corrected chi connectivity index (χ1v) is 6.55. The number of hydrazone groups is 1. The number of hydrogen-bond acceptors (Lipinski definition) is 4. The van der Waals surface area contributed by atoms with Crippen LogP contribution in [-0.4, -0.2) is 23.1 Å². The number of phenols is 1. The predicted octanol–water partition coefficient (Wildman–Crippen LogP) is 2.11. The van der Waals surface area contributed by atoms with Crippen LogP contribution in [0.5, 0.6) is 5.75 Å². The summed E-state index contributed by atoms with van der Waals surface area (Å²) in [5, 5.41) is 16.0. The van der Waals surface area contributed by atoms with Crippen molar-refractivity contribution in [1.29, 1.82) is 0 Å². The first-order chi connectivity index (χ1) is 10.6. The highest BCUT2D eigenvalue weighted by Gasteiger charge is 2.08. The zero-order valence-corrected chi connectivity index (χ0v) is 11.9. The van der Waals surface area contributed by atoms with E-state index < -0.39 is 5.91 Å². The molecule has 0 aromatic heterocycles. The zero-order chi connectivity index (χ0) is 15.9. The summed E-state index contributed by atoms with van der Waals surface area (Å²) < 4.78 is 0. The van der Waals surface area contributed by atoms with Crippen LogP contribution in [0, 0.1) is 0 Å². The summed E-state index contributed by atoms with van der Waals surface area (Å²) in [5.74, 6) is -0.740. The van der Waals surface area contributed by atoms with Crippen molar-refractivity contribution < 1.29 is 14.7 Å². The average Bonchev–Trinajstić information content (AvgIpc) is 2.49. The number of para-hydroxylation sites is 1. The third-order valence-electron chi connectivity index (χ3n) is 2.76. The van der Waals surface area contributed by atoms with Crippen molar-refractivity contribution in [3.8, 4) is 5.75 Å². The van der Waals surface area contributed by atoms with Gasteiger partial charge in [-0.1, -0.05) is 24.3 Å². The van der Waals surface area contributed by atoms with E-state index in [1.807, 2.05) is 0 Å².